The van der Waals surface area contributed by atoms with E-state index in [4.69, 9.17) is 15.0 Å². The minimum atomic E-state index is -1.09. The van der Waals surface area contributed by atoms with Crippen LogP contribution in [0.3, 0.4) is 0 Å². The highest BCUT2D eigenvalue weighted by molar-refractivity contribution is 9.10. The van der Waals surface area contributed by atoms with Crippen molar-refractivity contribution >= 4 is 56.4 Å². The lowest BCUT2D eigenvalue weighted by Crippen LogP contribution is -2.57. The minimum Gasteiger partial charge on any atom is -0.444 e. The number of aromatic nitrogens is 1. The van der Waals surface area contributed by atoms with Crippen LogP contribution in [0.25, 0.3) is 17.0 Å². The monoisotopic (exact) mass is 598 g/mol. The molecule has 1 aromatic carbocycles. The molecule has 5 rings (SSSR count). The van der Waals surface area contributed by atoms with Crippen LogP contribution in [0.1, 0.15) is 44.7 Å². The van der Waals surface area contributed by atoms with Crippen LogP contribution < -0.4 is 10.2 Å². The third kappa shape index (κ3) is 4.63. The number of nitriles is 1. The number of likely N-dealkylation sites (N-methyl/N-ethyl adjacent to an activating group) is 1. The molecule has 3 aliphatic rings. The first-order valence-electron chi connectivity index (χ1n) is 13.0. The maximum absolute atomic E-state index is 15.9. The molecule has 0 radical (unpaired) electrons. The van der Waals surface area contributed by atoms with Crippen LogP contribution in [0.2, 0.25) is 0 Å². The number of fused-ring (bicyclic) bond motifs is 4. The minimum absolute atomic E-state index is 0.112. The first-order chi connectivity index (χ1) is 18.4. The first kappa shape index (κ1) is 27.3. The first-order valence-corrected chi connectivity index (χ1v) is 13.8. The summed E-state index contributed by atoms with van der Waals surface area (Å²) in [5.74, 6) is -0.266. The number of allylic oxidation sites excluding steroid dienone is 1. The van der Waals surface area contributed by atoms with Gasteiger partial charge in [0.2, 0.25) is 5.91 Å². The third-order valence-corrected chi connectivity index (χ3v) is 8.50. The maximum Gasteiger partial charge on any atom is 0.410 e. The quantitative estimate of drug-likeness (QED) is 0.513. The van der Waals surface area contributed by atoms with Crippen molar-refractivity contribution in [1.29, 1.82) is 5.26 Å². The third-order valence-electron chi connectivity index (χ3n) is 7.69. The average Bonchev–Trinajstić information content (AvgIpc) is 3.10. The highest BCUT2D eigenvalue weighted by atomic mass is 79.9. The normalized spacial score (nSPS) is 21.5. The Morgan fingerprint density at radius 3 is 2.74 bits per heavy atom. The van der Waals surface area contributed by atoms with Crippen molar-refractivity contribution in [2.24, 2.45) is 0 Å². The lowest BCUT2D eigenvalue weighted by Gasteiger charge is -2.44. The van der Waals surface area contributed by atoms with E-state index in [0.717, 1.165) is 0 Å². The molecule has 1 N–H and O–H groups in total. The molecule has 0 bridgehead atoms. The standard InChI is InChI=1S/C28H32BrFN6O3/c1-27(2,3)39-26(38)35-11-7-9-28(15-35)19-18-12-16(8-6-10-31)20(29)21(30)22(18)32-24(23(19)33-25(28)37)36-13-17(14-36)34(4)5/h6,8,12,17H,7,9,11,13-15H2,1-5H3,(H,33,37)/b8-6+. The fourth-order valence-corrected chi connectivity index (χ4v) is 6.10. The average molecular weight is 600 g/mol. The second-order valence-electron chi connectivity index (χ2n) is 11.7. The van der Waals surface area contributed by atoms with E-state index in [0.29, 0.717) is 66.5 Å². The number of piperidine rings is 1. The van der Waals surface area contributed by atoms with Crippen molar-refractivity contribution in [3.05, 3.63) is 33.6 Å². The maximum atomic E-state index is 15.9. The molecule has 206 valence electrons. The number of carbonyl (C=O) groups is 2. The molecule has 3 aliphatic heterocycles. The van der Waals surface area contributed by atoms with Gasteiger partial charge in [-0.2, -0.15) is 5.26 Å². The van der Waals surface area contributed by atoms with Gasteiger partial charge >= 0.3 is 6.09 Å². The summed E-state index contributed by atoms with van der Waals surface area (Å²) in [4.78, 5) is 37.4. The molecule has 2 aromatic rings. The summed E-state index contributed by atoms with van der Waals surface area (Å²) in [5, 5.41) is 12.6. The molecule has 1 spiro atoms. The van der Waals surface area contributed by atoms with Gasteiger partial charge in [-0.3, -0.25) is 4.79 Å². The Labute approximate surface area is 235 Å². The molecule has 0 aliphatic carbocycles. The highest BCUT2D eigenvalue weighted by Gasteiger charge is 2.53. The fourth-order valence-electron chi connectivity index (χ4n) is 5.67. The predicted molar refractivity (Wildman–Crippen MR) is 151 cm³/mol. The Balaban J connectivity index is 1.71. The molecule has 9 nitrogen and oxygen atoms in total. The summed E-state index contributed by atoms with van der Waals surface area (Å²) in [5.41, 5.74) is 0.0364. The molecule has 0 saturated carbocycles. The Bertz CT molecular complexity index is 1440. The summed E-state index contributed by atoms with van der Waals surface area (Å²) in [6.45, 7) is 7.37. The van der Waals surface area contributed by atoms with Crippen LogP contribution >= 0.6 is 15.9 Å². The van der Waals surface area contributed by atoms with Crippen LogP contribution in [-0.4, -0.2) is 78.7 Å². The van der Waals surface area contributed by atoms with Crippen molar-refractivity contribution < 1.29 is 18.7 Å². The van der Waals surface area contributed by atoms with E-state index < -0.39 is 22.9 Å². The van der Waals surface area contributed by atoms with Gasteiger partial charge in [0.1, 0.15) is 11.1 Å². The van der Waals surface area contributed by atoms with E-state index >= 15 is 4.39 Å². The largest absolute Gasteiger partial charge is 0.444 e. The predicted octanol–water partition coefficient (Wildman–Crippen LogP) is 4.64. The highest BCUT2D eigenvalue weighted by Crippen LogP contribution is 2.52. The van der Waals surface area contributed by atoms with Gasteiger partial charge in [0.25, 0.3) is 0 Å². The second kappa shape index (κ2) is 9.75. The molecule has 1 unspecified atom stereocenters. The number of ether oxygens (including phenoxy) is 1. The lowest BCUT2D eigenvalue weighted by molar-refractivity contribution is -0.122. The molecule has 39 heavy (non-hydrogen) atoms. The summed E-state index contributed by atoms with van der Waals surface area (Å²) in [6.07, 6.45) is 3.39. The Kier molecular flexibility index (Phi) is 6.84. The Morgan fingerprint density at radius 2 is 2.10 bits per heavy atom. The SMILES string of the molecule is CN(C)C1CN(c2nc3c(F)c(Br)c(/C=C/C#N)cc3c3c2NC(=O)C32CCCN(C(=O)OC(C)(C)C)C2)C1. The number of hydrogen-bond acceptors (Lipinski definition) is 7. The number of pyridine rings is 1. The van der Waals surface area contributed by atoms with Gasteiger partial charge in [0, 0.05) is 49.2 Å². The summed E-state index contributed by atoms with van der Waals surface area (Å²) >= 11 is 3.34. The zero-order valence-corrected chi connectivity index (χ0v) is 24.4. The molecule has 4 heterocycles. The van der Waals surface area contributed by atoms with E-state index in [2.05, 4.69) is 26.1 Å². The van der Waals surface area contributed by atoms with Crippen LogP contribution in [0.15, 0.2) is 16.6 Å². The summed E-state index contributed by atoms with van der Waals surface area (Å²) in [7, 11) is 4.02. The number of hydrogen-bond donors (Lipinski definition) is 1. The zero-order valence-electron chi connectivity index (χ0n) is 22.8. The topological polar surface area (TPSA) is 102 Å². The van der Waals surface area contributed by atoms with Crippen LogP contribution in [-0.2, 0) is 14.9 Å². The molecule has 2 fully saturated rings. The number of anilines is 2. The van der Waals surface area contributed by atoms with Gasteiger partial charge in [-0.15, -0.1) is 0 Å². The molecule has 11 heteroatoms. The number of carbonyl (C=O) groups excluding carboxylic acids is 2. The van der Waals surface area contributed by atoms with E-state index in [9.17, 15) is 9.59 Å². The zero-order chi connectivity index (χ0) is 28.3. The number of nitrogens with one attached hydrogen (secondary N) is 1. The molecular formula is C28H32BrFN6O3. The molecule has 1 aromatic heterocycles. The van der Waals surface area contributed by atoms with E-state index in [1.54, 1.807) is 31.7 Å². The fraction of sp³-hybridized carbons (Fsp3) is 0.500. The summed E-state index contributed by atoms with van der Waals surface area (Å²) in [6, 6.07) is 4.02. The second-order valence-corrected chi connectivity index (χ2v) is 12.5. The number of likely N-dealkylation sites (tertiary alicyclic amines) is 1. The molecule has 2 amide bonds. The van der Waals surface area contributed by atoms with Gasteiger partial charge < -0.3 is 24.8 Å². The van der Waals surface area contributed by atoms with E-state index in [1.165, 1.54) is 12.2 Å². The van der Waals surface area contributed by atoms with Crippen molar-refractivity contribution in [1.82, 2.24) is 14.8 Å². The van der Waals surface area contributed by atoms with E-state index in [-0.39, 0.29) is 22.4 Å². The molecular weight excluding hydrogens is 567 g/mol. The van der Waals surface area contributed by atoms with Crippen LogP contribution in [0.4, 0.5) is 20.7 Å². The van der Waals surface area contributed by atoms with Crippen LogP contribution in [0.5, 0.6) is 0 Å². The Morgan fingerprint density at radius 1 is 1.38 bits per heavy atom. The van der Waals surface area contributed by atoms with Crippen LogP contribution in [0, 0.1) is 17.1 Å². The Hall–Kier alpha value is -3.23. The van der Waals surface area contributed by atoms with Gasteiger partial charge in [0.05, 0.1) is 21.6 Å². The lowest BCUT2D eigenvalue weighted by atomic mass is 9.73. The van der Waals surface area contributed by atoms with Gasteiger partial charge in [-0.25, -0.2) is 14.2 Å². The molecule has 2 saturated heterocycles. The summed E-state index contributed by atoms with van der Waals surface area (Å²) < 4.78 is 21.8. The number of amides is 2. The van der Waals surface area contributed by atoms with Crippen molar-refractivity contribution in [2.75, 3.05) is 50.5 Å². The molecule has 1 atom stereocenters. The number of halogens is 2. The van der Waals surface area contributed by atoms with Crippen molar-refractivity contribution in [3.63, 3.8) is 0 Å². The van der Waals surface area contributed by atoms with E-state index in [1.807, 2.05) is 25.1 Å². The number of benzene rings is 1. The van der Waals surface area contributed by atoms with Crippen molar-refractivity contribution in [2.45, 2.75) is 50.7 Å². The smallest absolute Gasteiger partial charge is 0.410 e. The van der Waals surface area contributed by atoms with Gasteiger partial charge in [-0.05, 0) is 81.3 Å². The van der Waals surface area contributed by atoms with Gasteiger partial charge in [0.15, 0.2) is 11.6 Å². The van der Waals surface area contributed by atoms with Gasteiger partial charge in [-0.1, -0.05) is 0 Å². The number of nitrogens with zero attached hydrogens (tertiary/aromatic N) is 5. The van der Waals surface area contributed by atoms with Crippen molar-refractivity contribution in [3.8, 4) is 6.07 Å². The number of rotatable bonds is 3.